The van der Waals surface area contributed by atoms with Crippen molar-refractivity contribution in [1.82, 2.24) is 14.8 Å². The molecule has 0 bridgehead atoms. The summed E-state index contributed by atoms with van der Waals surface area (Å²) in [5.41, 5.74) is 3.83. The van der Waals surface area contributed by atoms with Crippen molar-refractivity contribution in [3.05, 3.63) is 65.3 Å². The van der Waals surface area contributed by atoms with E-state index in [4.69, 9.17) is 11.6 Å². The number of anilines is 1. The first-order valence-corrected chi connectivity index (χ1v) is 7.46. The lowest BCUT2D eigenvalue weighted by molar-refractivity contribution is -0.119. The average Bonchev–Trinajstić information content (AvgIpc) is 2.90. The van der Waals surface area contributed by atoms with Crippen molar-refractivity contribution < 1.29 is 9.18 Å². The lowest BCUT2D eigenvalue weighted by Gasteiger charge is -2.05. The van der Waals surface area contributed by atoms with Crippen LogP contribution in [0.5, 0.6) is 0 Å². The summed E-state index contributed by atoms with van der Waals surface area (Å²) < 4.78 is 15.2. The molecule has 0 atom stereocenters. The van der Waals surface area contributed by atoms with Crippen LogP contribution in [0.1, 0.15) is 5.69 Å². The van der Waals surface area contributed by atoms with Crippen LogP contribution in [0.4, 0.5) is 10.1 Å². The van der Waals surface area contributed by atoms with Crippen molar-refractivity contribution in [3.63, 3.8) is 0 Å². The van der Waals surface area contributed by atoms with Gasteiger partial charge in [0.15, 0.2) is 5.15 Å². The number of hydrogen-bond donors (Lipinski definition) is 2. The van der Waals surface area contributed by atoms with Crippen LogP contribution in [0.3, 0.4) is 0 Å². The Kier molecular flexibility index (Phi) is 4.72. The molecule has 2 aromatic heterocycles. The van der Waals surface area contributed by atoms with Crippen LogP contribution in [0.15, 0.2) is 53.8 Å². The maximum absolute atomic E-state index is 13.4. The Balaban J connectivity index is 1.60. The maximum Gasteiger partial charge on any atom is 0.259 e. The fourth-order valence-electron chi connectivity index (χ4n) is 2.09. The summed E-state index contributed by atoms with van der Waals surface area (Å²) in [6.45, 7) is -0.112. The van der Waals surface area contributed by atoms with Crippen molar-refractivity contribution >= 4 is 35.1 Å². The number of imidazole rings is 1. The summed E-state index contributed by atoms with van der Waals surface area (Å²) >= 11 is 6.05. The Morgan fingerprint density at radius 1 is 1.29 bits per heavy atom. The first-order chi connectivity index (χ1) is 11.6. The van der Waals surface area contributed by atoms with Crippen molar-refractivity contribution in [2.45, 2.75) is 0 Å². The van der Waals surface area contributed by atoms with Crippen LogP contribution >= 0.6 is 11.6 Å². The van der Waals surface area contributed by atoms with Gasteiger partial charge in [-0.25, -0.2) is 14.8 Å². The zero-order valence-corrected chi connectivity index (χ0v) is 13.2. The Morgan fingerprint density at radius 3 is 2.92 bits per heavy atom. The standard InChI is InChI=1S/C16H13ClFN5O/c17-16-13(23-8-4-3-7-14(23)21-16)9-20-22-15(24)10-19-12-6-2-1-5-11(12)18/h1-9,19H,10H2,(H,22,24)/b20-9-. The lowest BCUT2D eigenvalue weighted by atomic mass is 10.3. The Bertz CT molecular complexity index is 908. The van der Waals surface area contributed by atoms with Gasteiger partial charge in [-0.05, 0) is 24.3 Å². The van der Waals surface area contributed by atoms with Crippen molar-refractivity contribution in [2.75, 3.05) is 11.9 Å². The molecule has 0 radical (unpaired) electrons. The van der Waals surface area contributed by atoms with Crippen LogP contribution in [-0.2, 0) is 4.79 Å². The molecule has 0 unspecified atom stereocenters. The quantitative estimate of drug-likeness (QED) is 0.551. The van der Waals surface area contributed by atoms with Gasteiger partial charge in [0.25, 0.3) is 5.91 Å². The summed E-state index contributed by atoms with van der Waals surface area (Å²) in [6, 6.07) is 11.6. The van der Waals surface area contributed by atoms with E-state index < -0.39 is 11.7 Å². The van der Waals surface area contributed by atoms with Gasteiger partial charge in [0.2, 0.25) is 0 Å². The highest BCUT2D eigenvalue weighted by Gasteiger charge is 2.08. The molecule has 3 aromatic rings. The fraction of sp³-hybridized carbons (Fsp3) is 0.0625. The molecule has 1 amide bonds. The number of halogens is 2. The molecular weight excluding hydrogens is 333 g/mol. The lowest BCUT2D eigenvalue weighted by Crippen LogP contribution is -2.26. The highest BCUT2D eigenvalue weighted by atomic mass is 35.5. The van der Waals surface area contributed by atoms with Crippen LogP contribution in [0, 0.1) is 5.82 Å². The van der Waals surface area contributed by atoms with Crippen LogP contribution in [0.2, 0.25) is 5.15 Å². The van der Waals surface area contributed by atoms with E-state index in [-0.39, 0.29) is 17.4 Å². The first kappa shape index (κ1) is 15.9. The average molecular weight is 346 g/mol. The van der Waals surface area contributed by atoms with E-state index in [1.807, 2.05) is 12.1 Å². The second-order valence-corrected chi connectivity index (χ2v) is 5.20. The SMILES string of the molecule is O=C(CNc1ccccc1F)N/N=C\c1c(Cl)nc2ccccn12. The van der Waals surface area contributed by atoms with E-state index in [2.05, 4.69) is 20.8 Å². The van der Waals surface area contributed by atoms with E-state index >= 15 is 0 Å². The van der Waals surface area contributed by atoms with E-state index in [1.54, 1.807) is 34.9 Å². The maximum atomic E-state index is 13.4. The number of benzene rings is 1. The van der Waals surface area contributed by atoms with Gasteiger partial charge in [-0.2, -0.15) is 5.10 Å². The zero-order chi connectivity index (χ0) is 16.9. The van der Waals surface area contributed by atoms with E-state index in [0.29, 0.717) is 11.3 Å². The number of hydrazone groups is 1. The molecule has 2 heterocycles. The number of carbonyl (C=O) groups excluding carboxylic acids is 1. The molecule has 0 aliphatic carbocycles. The fourth-order valence-corrected chi connectivity index (χ4v) is 2.31. The van der Waals surface area contributed by atoms with Gasteiger partial charge < -0.3 is 5.32 Å². The third-order valence-electron chi connectivity index (χ3n) is 3.21. The second kappa shape index (κ2) is 7.10. The number of hydrogen-bond acceptors (Lipinski definition) is 4. The van der Waals surface area contributed by atoms with Gasteiger partial charge in [-0.1, -0.05) is 29.8 Å². The van der Waals surface area contributed by atoms with Crippen molar-refractivity contribution in [2.24, 2.45) is 5.10 Å². The van der Waals surface area contributed by atoms with Gasteiger partial charge in [0.1, 0.15) is 17.2 Å². The predicted octanol–water partition coefficient (Wildman–Crippen LogP) is 2.69. The van der Waals surface area contributed by atoms with Gasteiger partial charge in [-0.15, -0.1) is 0 Å². The molecule has 122 valence electrons. The molecule has 8 heteroatoms. The predicted molar refractivity (Wildman–Crippen MR) is 90.8 cm³/mol. The minimum atomic E-state index is -0.425. The van der Waals surface area contributed by atoms with E-state index in [9.17, 15) is 9.18 Å². The molecule has 0 aliphatic heterocycles. The number of nitrogens with zero attached hydrogens (tertiary/aromatic N) is 3. The molecule has 24 heavy (non-hydrogen) atoms. The monoisotopic (exact) mass is 345 g/mol. The molecule has 0 spiro atoms. The molecular formula is C16H13ClFN5O. The highest BCUT2D eigenvalue weighted by molar-refractivity contribution is 6.32. The number of carbonyl (C=O) groups is 1. The highest BCUT2D eigenvalue weighted by Crippen LogP contribution is 2.15. The number of amides is 1. The van der Waals surface area contributed by atoms with E-state index in [1.165, 1.54) is 12.3 Å². The zero-order valence-electron chi connectivity index (χ0n) is 12.4. The first-order valence-electron chi connectivity index (χ1n) is 7.08. The summed E-state index contributed by atoms with van der Waals surface area (Å²) in [4.78, 5) is 15.9. The summed E-state index contributed by atoms with van der Waals surface area (Å²) in [7, 11) is 0. The van der Waals surface area contributed by atoms with Crippen molar-refractivity contribution in [1.29, 1.82) is 0 Å². The van der Waals surface area contributed by atoms with Crippen molar-refractivity contribution in [3.8, 4) is 0 Å². The minimum Gasteiger partial charge on any atom is -0.374 e. The van der Waals surface area contributed by atoms with Crippen LogP contribution in [-0.4, -0.2) is 28.1 Å². The van der Waals surface area contributed by atoms with Crippen LogP contribution in [0.25, 0.3) is 5.65 Å². The minimum absolute atomic E-state index is 0.112. The smallest absolute Gasteiger partial charge is 0.259 e. The van der Waals surface area contributed by atoms with Gasteiger partial charge >= 0.3 is 0 Å². The molecule has 2 N–H and O–H groups in total. The molecule has 0 saturated carbocycles. The van der Waals surface area contributed by atoms with Gasteiger partial charge in [-0.3, -0.25) is 9.20 Å². The molecule has 6 nitrogen and oxygen atoms in total. The Labute approximate surface area is 142 Å². The van der Waals surface area contributed by atoms with Crippen LogP contribution < -0.4 is 10.7 Å². The number of rotatable bonds is 5. The Morgan fingerprint density at radius 2 is 2.08 bits per heavy atom. The van der Waals surface area contributed by atoms with Gasteiger partial charge in [0.05, 0.1) is 18.4 Å². The molecule has 1 aromatic carbocycles. The molecule has 0 fully saturated rings. The number of pyridine rings is 1. The Hall–Kier alpha value is -2.93. The number of aromatic nitrogens is 2. The topological polar surface area (TPSA) is 70.8 Å². The normalized spacial score (nSPS) is 11.1. The molecule has 0 saturated heterocycles. The third kappa shape index (κ3) is 3.52. The molecule has 0 aliphatic rings. The number of nitrogens with one attached hydrogen (secondary N) is 2. The summed E-state index contributed by atoms with van der Waals surface area (Å²) in [5.74, 6) is -0.842. The third-order valence-corrected chi connectivity index (χ3v) is 3.49. The number of para-hydroxylation sites is 1. The van der Waals surface area contributed by atoms with E-state index in [0.717, 1.165) is 0 Å². The second-order valence-electron chi connectivity index (χ2n) is 4.84. The summed E-state index contributed by atoms with van der Waals surface area (Å²) in [6.07, 6.45) is 3.19. The summed E-state index contributed by atoms with van der Waals surface area (Å²) in [5, 5.41) is 6.83. The molecule has 3 rings (SSSR count). The number of fused-ring (bicyclic) bond motifs is 1. The van der Waals surface area contributed by atoms with Gasteiger partial charge in [0, 0.05) is 6.20 Å². The largest absolute Gasteiger partial charge is 0.374 e.